The highest BCUT2D eigenvalue weighted by Crippen LogP contribution is 2.21. The van der Waals surface area contributed by atoms with Crippen molar-refractivity contribution >= 4 is 10.9 Å². The highest BCUT2D eigenvalue weighted by Gasteiger charge is 2.06. The Labute approximate surface area is 84.0 Å². The second-order valence-electron chi connectivity index (χ2n) is 3.43. The van der Waals surface area contributed by atoms with Crippen molar-refractivity contribution < 1.29 is 0 Å². The van der Waals surface area contributed by atoms with E-state index in [1.54, 1.807) is 0 Å². The molecule has 0 amide bonds. The number of para-hydroxylation sites is 1. The van der Waals surface area contributed by atoms with Gasteiger partial charge in [0.15, 0.2) is 0 Å². The maximum absolute atomic E-state index is 4.41. The molecule has 1 aromatic heterocycles. The van der Waals surface area contributed by atoms with Crippen molar-refractivity contribution in [1.82, 2.24) is 10.3 Å². The number of benzene rings is 1. The molecule has 14 heavy (non-hydrogen) atoms. The number of fused-ring (bicyclic) bond motifs is 1. The van der Waals surface area contributed by atoms with Crippen LogP contribution in [0.1, 0.15) is 18.5 Å². The summed E-state index contributed by atoms with van der Waals surface area (Å²) in [7, 11) is 1.96. The van der Waals surface area contributed by atoms with Crippen LogP contribution in [0.2, 0.25) is 0 Å². The smallest absolute Gasteiger partial charge is 0.0749 e. The van der Waals surface area contributed by atoms with Gasteiger partial charge in [-0.2, -0.15) is 0 Å². The number of aromatic nitrogens is 1. The zero-order chi connectivity index (χ0) is 9.97. The molecule has 1 N–H and O–H groups in total. The van der Waals surface area contributed by atoms with Crippen LogP contribution < -0.4 is 5.32 Å². The van der Waals surface area contributed by atoms with Gasteiger partial charge in [0.05, 0.1) is 5.52 Å². The Kier molecular flexibility index (Phi) is 2.46. The Hall–Kier alpha value is -1.41. The van der Waals surface area contributed by atoms with Crippen molar-refractivity contribution in [3.8, 4) is 0 Å². The van der Waals surface area contributed by atoms with Crippen molar-refractivity contribution in [2.75, 3.05) is 7.05 Å². The zero-order valence-electron chi connectivity index (χ0n) is 8.49. The van der Waals surface area contributed by atoms with Crippen LogP contribution in [0.15, 0.2) is 36.5 Å². The molecule has 0 bridgehead atoms. The van der Waals surface area contributed by atoms with Crippen molar-refractivity contribution in [3.63, 3.8) is 0 Å². The summed E-state index contributed by atoms with van der Waals surface area (Å²) in [6.45, 7) is 2.14. The second kappa shape index (κ2) is 3.76. The van der Waals surface area contributed by atoms with E-state index < -0.39 is 0 Å². The Bertz CT molecular complexity index is 432. The van der Waals surface area contributed by atoms with E-state index in [0.717, 1.165) is 5.52 Å². The lowest BCUT2D eigenvalue weighted by atomic mass is 10.0. The molecule has 1 atom stereocenters. The van der Waals surface area contributed by atoms with Gasteiger partial charge < -0.3 is 5.32 Å². The molecular formula is C12H14N2. The van der Waals surface area contributed by atoms with Crippen molar-refractivity contribution in [2.45, 2.75) is 13.0 Å². The fourth-order valence-corrected chi connectivity index (χ4v) is 1.63. The molecule has 2 rings (SSSR count). The molecule has 1 aromatic carbocycles. The summed E-state index contributed by atoms with van der Waals surface area (Å²) in [5.41, 5.74) is 2.35. The number of nitrogens with one attached hydrogen (secondary N) is 1. The number of hydrogen-bond donors (Lipinski definition) is 1. The van der Waals surface area contributed by atoms with Gasteiger partial charge in [0, 0.05) is 17.6 Å². The molecular weight excluding hydrogens is 172 g/mol. The first-order valence-corrected chi connectivity index (χ1v) is 4.84. The van der Waals surface area contributed by atoms with Gasteiger partial charge in [-0.05, 0) is 25.6 Å². The number of rotatable bonds is 2. The number of nitrogens with zero attached hydrogens (tertiary/aromatic N) is 1. The van der Waals surface area contributed by atoms with Crippen LogP contribution in [0.4, 0.5) is 0 Å². The Morgan fingerprint density at radius 3 is 2.79 bits per heavy atom. The van der Waals surface area contributed by atoms with Gasteiger partial charge in [0.1, 0.15) is 0 Å². The fourth-order valence-electron chi connectivity index (χ4n) is 1.63. The minimum Gasteiger partial charge on any atom is -0.313 e. The first-order chi connectivity index (χ1) is 6.83. The van der Waals surface area contributed by atoms with Crippen LogP contribution in [0.5, 0.6) is 0 Å². The molecule has 0 radical (unpaired) electrons. The predicted octanol–water partition coefficient (Wildman–Crippen LogP) is 2.52. The van der Waals surface area contributed by atoms with Gasteiger partial charge in [-0.15, -0.1) is 0 Å². The number of pyridine rings is 1. The topological polar surface area (TPSA) is 24.9 Å². The van der Waals surface area contributed by atoms with E-state index in [9.17, 15) is 0 Å². The molecule has 0 unspecified atom stereocenters. The van der Waals surface area contributed by atoms with Crippen LogP contribution in [-0.4, -0.2) is 12.0 Å². The van der Waals surface area contributed by atoms with Crippen molar-refractivity contribution in [1.29, 1.82) is 0 Å². The van der Waals surface area contributed by atoms with Crippen LogP contribution in [0, 0.1) is 0 Å². The third-order valence-electron chi connectivity index (χ3n) is 2.56. The molecule has 0 saturated carbocycles. The molecule has 2 nitrogen and oxygen atoms in total. The summed E-state index contributed by atoms with van der Waals surface area (Å²) < 4.78 is 0. The van der Waals surface area contributed by atoms with Gasteiger partial charge in [-0.25, -0.2) is 0 Å². The lowest BCUT2D eigenvalue weighted by molar-refractivity contribution is 0.656. The van der Waals surface area contributed by atoms with E-state index in [1.165, 1.54) is 10.9 Å². The summed E-state index contributed by atoms with van der Waals surface area (Å²) >= 11 is 0. The van der Waals surface area contributed by atoms with E-state index in [2.05, 4.69) is 41.5 Å². The van der Waals surface area contributed by atoms with Crippen LogP contribution in [0.25, 0.3) is 10.9 Å². The minimum atomic E-state index is 0.341. The molecule has 0 spiro atoms. The molecule has 72 valence electrons. The van der Waals surface area contributed by atoms with Gasteiger partial charge in [-0.3, -0.25) is 4.98 Å². The summed E-state index contributed by atoms with van der Waals surface area (Å²) in [5.74, 6) is 0. The van der Waals surface area contributed by atoms with E-state index in [-0.39, 0.29) is 0 Å². The van der Waals surface area contributed by atoms with Gasteiger partial charge >= 0.3 is 0 Å². The average Bonchev–Trinajstić information content (AvgIpc) is 2.27. The standard InChI is InChI=1S/C12H14N2/c1-9(13-2)11-7-3-5-10-6-4-8-14-12(10)11/h3-9,13H,1-2H3/t9-/m1/s1. The summed E-state index contributed by atoms with van der Waals surface area (Å²) in [4.78, 5) is 4.41. The van der Waals surface area contributed by atoms with Crippen molar-refractivity contribution in [2.24, 2.45) is 0 Å². The first kappa shape index (κ1) is 9.16. The third-order valence-corrected chi connectivity index (χ3v) is 2.56. The van der Waals surface area contributed by atoms with Gasteiger partial charge in [0.2, 0.25) is 0 Å². The van der Waals surface area contributed by atoms with E-state index in [1.807, 2.05) is 19.3 Å². The maximum Gasteiger partial charge on any atom is 0.0749 e. The monoisotopic (exact) mass is 186 g/mol. The third kappa shape index (κ3) is 1.49. The lowest BCUT2D eigenvalue weighted by Crippen LogP contribution is -2.12. The molecule has 2 aromatic rings. The summed E-state index contributed by atoms with van der Waals surface area (Å²) in [5, 5.41) is 4.43. The molecule has 0 saturated heterocycles. The minimum absolute atomic E-state index is 0.341. The summed E-state index contributed by atoms with van der Waals surface area (Å²) in [6.07, 6.45) is 1.84. The normalized spacial score (nSPS) is 13.0. The largest absolute Gasteiger partial charge is 0.313 e. The lowest BCUT2D eigenvalue weighted by Gasteiger charge is -2.12. The number of hydrogen-bond acceptors (Lipinski definition) is 2. The van der Waals surface area contributed by atoms with Gasteiger partial charge in [-0.1, -0.05) is 24.3 Å². The molecule has 0 aliphatic carbocycles. The van der Waals surface area contributed by atoms with Crippen LogP contribution >= 0.6 is 0 Å². The van der Waals surface area contributed by atoms with Crippen molar-refractivity contribution in [3.05, 3.63) is 42.1 Å². The molecule has 1 heterocycles. The molecule has 2 heteroatoms. The highest BCUT2D eigenvalue weighted by atomic mass is 14.9. The Morgan fingerprint density at radius 1 is 1.21 bits per heavy atom. The van der Waals surface area contributed by atoms with E-state index in [4.69, 9.17) is 0 Å². The fraction of sp³-hybridized carbons (Fsp3) is 0.250. The zero-order valence-corrected chi connectivity index (χ0v) is 8.49. The van der Waals surface area contributed by atoms with Crippen LogP contribution in [-0.2, 0) is 0 Å². The molecule has 0 aliphatic rings. The van der Waals surface area contributed by atoms with E-state index >= 15 is 0 Å². The quantitative estimate of drug-likeness (QED) is 0.779. The van der Waals surface area contributed by atoms with E-state index in [0.29, 0.717) is 6.04 Å². The Balaban J connectivity index is 2.65. The average molecular weight is 186 g/mol. The summed E-state index contributed by atoms with van der Waals surface area (Å²) in [6, 6.07) is 10.7. The Morgan fingerprint density at radius 2 is 2.00 bits per heavy atom. The van der Waals surface area contributed by atoms with Gasteiger partial charge in [0.25, 0.3) is 0 Å². The second-order valence-corrected chi connectivity index (χ2v) is 3.43. The molecule has 0 fully saturated rings. The predicted molar refractivity (Wildman–Crippen MR) is 59.2 cm³/mol. The highest BCUT2D eigenvalue weighted by molar-refractivity contribution is 5.81. The molecule has 0 aliphatic heterocycles. The first-order valence-electron chi connectivity index (χ1n) is 4.84. The van der Waals surface area contributed by atoms with Crippen LogP contribution in [0.3, 0.4) is 0 Å². The SMILES string of the molecule is CN[C@H](C)c1cccc2cccnc12. The maximum atomic E-state index is 4.41.